The highest BCUT2D eigenvalue weighted by molar-refractivity contribution is 5.74. The lowest BCUT2D eigenvalue weighted by Crippen LogP contribution is -2.54. The number of hydrogen-bond donors (Lipinski definition) is 2. The van der Waals surface area contributed by atoms with Gasteiger partial charge in [-0.05, 0) is 37.3 Å². The van der Waals surface area contributed by atoms with E-state index in [1.54, 1.807) is 4.90 Å². The number of nitrogens with one attached hydrogen (secondary N) is 1. The number of aromatic nitrogens is 1. The van der Waals surface area contributed by atoms with Crippen LogP contribution in [0.5, 0.6) is 0 Å². The van der Waals surface area contributed by atoms with Crippen molar-refractivity contribution in [2.45, 2.75) is 44.9 Å². The van der Waals surface area contributed by atoms with Crippen LogP contribution >= 0.6 is 0 Å². The quantitative estimate of drug-likeness (QED) is 0.879. The number of hydrogen-bond acceptors (Lipinski definition) is 4. The van der Waals surface area contributed by atoms with Crippen molar-refractivity contribution in [3.63, 3.8) is 0 Å². The van der Waals surface area contributed by atoms with Crippen LogP contribution in [0, 0.1) is 5.92 Å². The summed E-state index contributed by atoms with van der Waals surface area (Å²) >= 11 is 0. The van der Waals surface area contributed by atoms with Crippen LogP contribution in [0.25, 0.3) is 0 Å². The molecule has 3 atom stereocenters. The number of rotatable bonds is 3. The molecule has 2 saturated heterocycles. The maximum absolute atomic E-state index is 12.4. The van der Waals surface area contributed by atoms with E-state index in [2.05, 4.69) is 28.2 Å². The van der Waals surface area contributed by atoms with Gasteiger partial charge in [0.25, 0.3) is 0 Å². The number of amides is 2. The molecule has 2 amide bonds. The number of nitrogens with zero attached hydrogens (tertiary/aromatic N) is 3. The van der Waals surface area contributed by atoms with Crippen LogP contribution in [0.1, 0.15) is 31.9 Å². The Kier molecular flexibility index (Phi) is 5.68. The van der Waals surface area contributed by atoms with E-state index in [1.807, 2.05) is 18.3 Å². The van der Waals surface area contributed by atoms with E-state index in [0.717, 1.165) is 51.1 Å². The number of piperidine rings is 2. The average molecular weight is 332 g/mol. The van der Waals surface area contributed by atoms with Crippen molar-refractivity contribution in [1.29, 1.82) is 0 Å². The van der Waals surface area contributed by atoms with E-state index < -0.39 is 0 Å². The van der Waals surface area contributed by atoms with Crippen molar-refractivity contribution in [3.05, 3.63) is 30.1 Å². The van der Waals surface area contributed by atoms with Crippen LogP contribution in [0.15, 0.2) is 24.4 Å². The van der Waals surface area contributed by atoms with Crippen molar-refractivity contribution in [2.75, 3.05) is 26.2 Å². The fourth-order valence-electron chi connectivity index (χ4n) is 3.70. The molecular formula is C18H28N4O2. The molecule has 0 radical (unpaired) electrons. The minimum absolute atomic E-state index is 0.0243. The van der Waals surface area contributed by atoms with Crippen molar-refractivity contribution in [1.82, 2.24) is 20.1 Å². The molecule has 1 aromatic rings. The van der Waals surface area contributed by atoms with Crippen LogP contribution in [-0.2, 0) is 6.54 Å². The van der Waals surface area contributed by atoms with Crippen molar-refractivity contribution in [3.8, 4) is 0 Å². The third-order valence-corrected chi connectivity index (χ3v) is 5.09. The second-order valence-corrected chi connectivity index (χ2v) is 7.12. The Balaban J connectivity index is 1.48. The molecular weight excluding hydrogens is 304 g/mol. The highest BCUT2D eigenvalue weighted by atomic mass is 16.3. The monoisotopic (exact) mass is 332 g/mol. The zero-order chi connectivity index (χ0) is 16.9. The van der Waals surface area contributed by atoms with Gasteiger partial charge in [-0.3, -0.25) is 9.88 Å². The van der Waals surface area contributed by atoms with Gasteiger partial charge in [0.1, 0.15) is 0 Å². The summed E-state index contributed by atoms with van der Waals surface area (Å²) in [4.78, 5) is 21.0. The molecule has 24 heavy (non-hydrogen) atoms. The predicted octanol–water partition coefficient (Wildman–Crippen LogP) is 1.46. The largest absolute Gasteiger partial charge is 0.391 e. The van der Waals surface area contributed by atoms with Gasteiger partial charge in [0, 0.05) is 45.0 Å². The van der Waals surface area contributed by atoms with Gasteiger partial charge in [0.05, 0.1) is 11.8 Å². The summed E-state index contributed by atoms with van der Waals surface area (Å²) in [5, 5.41) is 12.9. The zero-order valence-electron chi connectivity index (χ0n) is 14.4. The van der Waals surface area contributed by atoms with Crippen molar-refractivity contribution < 1.29 is 9.90 Å². The van der Waals surface area contributed by atoms with Gasteiger partial charge in [-0.25, -0.2) is 4.79 Å². The molecule has 0 bridgehead atoms. The molecule has 3 rings (SSSR count). The normalized spacial score (nSPS) is 28.6. The second-order valence-electron chi connectivity index (χ2n) is 7.12. The molecule has 6 heteroatoms. The predicted molar refractivity (Wildman–Crippen MR) is 92.4 cm³/mol. The van der Waals surface area contributed by atoms with Gasteiger partial charge in [-0.15, -0.1) is 0 Å². The maximum Gasteiger partial charge on any atom is 0.317 e. The first-order valence-corrected chi connectivity index (χ1v) is 8.97. The van der Waals surface area contributed by atoms with Crippen LogP contribution < -0.4 is 5.32 Å². The molecule has 3 heterocycles. The first kappa shape index (κ1) is 17.2. The molecule has 6 nitrogen and oxygen atoms in total. The molecule has 2 aliphatic rings. The molecule has 3 unspecified atom stereocenters. The summed E-state index contributed by atoms with van der Waals surface area (Å²) in [6.07, 6.45) is 4.09. The van der Waals surface area contributed by atoms with Gasteiger partial charge in [0.2, 0.25) is 0 Å². The Labute approximate surface area is 143 Å². The first-order chi connectivity index (χ1) is 11.6. The zero-order valence-corrected chi connectivity index (χ0v) is 14.4. The second kappa shape index (κ2) is 7.94. The molecule has 2 aliphatic heterocycles. The SMILES string of the molecule is CC1CN(Cc2ccccn2)CCC1NC(=O)N1CCCC(O)C1. The summed E-state index contributed by atoms with van der Waals surface area (Å²) < 4.78 is 0. The van der Waals surface area contributed by atoms with Crippen LogP contribution in [0.4, 0.5) is 4.79 Å². The van der Waals surface area contributed by atoms with Gasteiger partial charge in [-0.1, -0.05) is 13.0 Å². The van der Waals surface area contributed by atoms with Crippen LogP contribution in [0.3, 0.4) is 0 Å². The highest BCUT2D eigenvalue weighted by Crippen LogP contribution is 2.19. The number of carbonyl (C=O) groups is 1. The molecule has 132 valence electrons. The smallest absolute Gasteiger partial charge is 0.317 e. The summed E-state index contributed by atoms with van der Waals surface area (Å²) in [5.41, 5.74) is 1.09. The van der Waals surface area contributed by atoms with E-state index in [9.17, 15) is 9.90 Å². The fourth-order valence-corrected chi connectivity index (χ4v) is 3.70. The minimum Gasteiger partial charge on any atom is -0.391 e. The van der Waals surface area contributed by atoms with E-state index in [-0.39, 0.29) is 18.2 Å². The van der Waals surface area contributed by atoms with E-state index in [4.69, 9.17) is 0 Å². The number of carbonyl (C=O) groups excluding carboxylic acids is 1. The van der Waals surface area contributed by atoms with Crippen LogP contribution in [-0.4, -0.2) is 64.2 Å². The van der Waals surface area contributed by atoms with Crippen molar-refractivity contribution in [2.24, 2.45) is 5.92 Å². The molecule has 2 fully saturated rings. The Morgan fingerprint density at radius 3 is 2.92 bits per heavy atom. The topological polar surface area (TPSA) is 68.7 Å². The lowest BCUT2D eigenvalue weighted by atomic mass is 9.93. The Hall–Kier alpha value is -1.66. The Bertz CT molecular complexity index is 539. The molecule has 0 spiro atoms. The number of urea groups is 1. The molecule has 0 saturated carbocycles. The number of β-amino-alcohol motifs (C(OH)–C–C–N with tert-alkyl or cyclic N) is 1. The number of likely N-dealkylation sites (tertiary alicyclic amines) is 2. The molecule has 2 N–H and O–H groups in total. The van der Waals surface area contributed by atoms with Gasteiger partial charge < -0.3 is 15.3 Å². The number of pyridine rings is 1. The maximum atomic E-state index is 12.4. The third kappa shape index (κ3) is 4.45. The first-order valence-electron chi connectivity index (χ1n) is 8.97. The summed E-state index contributed by atoms with van der Waals surface area (Å²) in [7, 11) is 0. The van der Waals surface area contributed by atoms with Gasteiger partial charge in [0.15, 0.2) is 0 Å². The van der Waals surface area contributed by atoms with E-state index >= 15 is 0 Å². The highest BCUT2D eigenvalue weighted by Gasteiger charge is 2.30. The Morgan fingerprint density at radius 1 is 1.33 bits per heavy atom. The average Bonchev–Trinajstić information content (AvgIpc) is 2.58. The van der Waals surface area contributed by atoms with E-state index in [1.165, 1.54) is 0 Å². The lowest BCUT2D eigenvalue weighted by molar-refractivity contribution is 0.0789. The number of aliphatic hydroxyl groups excluding tert-OH is 1. The summed E-state index contributed by atoms with van der Waals surface area (Å²) in [6, 6.07) is 6.19. The van der Waals surface area contributed by atoms with Gasteiger partial charge >= 0.3 is 6.03 Å². The summed E-state index contributed by atoms with van der Waals surface area (Å²) in [5.74, 6) is 0.404. The fraction of sp³-hybridized carbons (Fsp3) is 0.667. The molecule has 0 aromatic carbocycles. The minimum atomic E-state index is -0.373. The molecule has 0 aliphatic carbocycles. The summed E-state index contributed by atoms with van der Waals surface area (Å²) in [6.45, 7) is 6.19. The van der Waals surface area contributed by atoms with Crippen molar-refractivity contribution >= 4 is 6.03 Å². The lowest BCUT2D eigenvalue weighted by Gasteiger charge is -2.39. The number of aliphatic hydroxyl groups is 1. The van der Waals surface area contributed by atoms with Crippen LogP contribution in [0.2, 0.25) is 0 Å². The standard InChI is InChI=1S/C18H28N4O2/c1-14-11-21(12-15-5-2-3-8-19-15)10-7-17(14)20-18(24)22-9-4-6-16(23)13-22/h2-3,5,8,14,16-17,23H,4,6-7,9-13H2,1H3,(H,20,24). The molecule has 1 aromatic heterocycles. The van der Waals surface area contributed by atoms with Gasteiger partial charge in [-0.2, -0.15) is 0 Å². The Morgan fingerprint density at radius 2 is 2.21 bits per heavy atom. The third-order valence-electron chi connectivity index (χ3n) is 5.09. The van der Waals surface area contributed by atoms with E-state index in [0.29, 0.717) is 12.5 Å².